The first-order chi connectivity index (χ1) is 7.78. The molecule has 0 aliphatic rings. The van der Waals surface area contributed by atoms with E-state index in [1.807, 2.05) is 37.3 Å². The van der Waals surface area contributed by atoms with E-state index in [1.54, 1.807) is 5.38 Å². The zero-order valence-electron chi connectivity index (χ0n) is 8.80. The Hall–Kier alpha value is -1.86. The van der Waals surface area contributed by atoms with Gasteiger partial charge in [0.25, 0.3) is 0 Å². The van der Waals surface area contributed by atoms with Gasteiger partial charge in [0.2, 0.25) is 0 Å². The van der Waals surface area contributed by atoms with Crippen LogP contribution >= 0.6 is 11.3 Å². The van der Waals surface area contributed by atoms with Crippen LogP contribution in [0.25, 0.3) is 0 Å². The van der Waals surface area contributed by atoms with Gasteiger partial charge in [-0.25, -0.2) is 4.98 Å². The summed E-state index contributed by atoms with van der Waals surface area (Å²) < 4.78 is 5.57. The lowest BCUT2D eigenvalue weighted by Crippen LogP contribution is -1.95. The largest absolute Gasteiger partial charge is 0.486 e. The standard InChI is InChI=1S/C12H10N2OS/c1-9-3-2-4-11(5-9)15-7-12-14-10(6-13)8-16-12/h2-5,8H,7H2,1H3. The smallest absolute Gasteiger partial charge is 0.151 e. The second-order valence-electron chi connectivity index (χ2n) is 3.34. The molecule has 0 N–H and O–H groups in total. The molecule has 0 aliphatic carbocycles. The molecule has 0 radical (unpaired) electrons. The fourth-order valence-electron chi connectivity index (χ4n) is 1.28. The Balaban J connectivity index is 2.00. The number of aryl methyl sites for hydroxylation is 1. The van der Waals surface area contributed by atoms with Gasteiger partial charge in [0, 0.05) is 5.38 Å². The first kappa shape index (κ1) is 10.7. The van der Waals surface area contributed by atoms with Gasteiger partial charge in [-0.15, -0.1) is 11.3 Å². The normalized spacial score (nSPS) is 9.75. The molecule has 2 rings (SSSR count). The van der Waals surface area contributed by atoms with Crippen molar-refractivity contribution in [3.05, 3.63) is 45.9 Å². The summed E-state index contributed by atoms with van der Waals surface area (Å²) in [6.45, 7) is 2.43. The summed E-state index contributed by atoms with van der Waals surface area (Å²) in [6.07, 6.45) is 0. The number of aromatic nitrogens is 1. The molecule has 1 aromatic heterocycles. The molecule has 16 heavy (non-hydrogen) atoms. The van der Waals surface area contributed by atoms with Crippen molar-refractivity contribution in [2.24, 2.45) is 0 Å². The SMILES string of the molecule is Cc1cccc(OCc2nc(C#N)cs2)c1. The van der Waals surface area contributed by atoms with Gasteiger partial charge in [0.1, 0.15) is 23.4 Å². The van der Waals surface area contributed by atoms with Gasteiger partial charge in [-0.3, -0.25) is 0 Å². The topological polar surface area (TPSA) is 45.9 Å². The minimum Gasteiger partial charge on any atom is -0.486 e. The highest BCUT2D eigenvalue weighted by atomic mass is 32.1. The molecule has 4 heteroatoms. The molecular weight excluding hydrogens is 220 g/mol. The highest BCUT2D eigenvalue weighted by Gasteiger charge is 2.02. The van der Waals surface area contributed by atoms with Gasteiger partial charge < -0.3 is 4.74 Å². The molecule has 1 heterocycles. The second kappa shape index (κ2) is 4.77. The number of thiazole rings is 1. The Morgan fingerprint density at radius 3 is 3.06 bits per heavy atom. The molecule has 1 aromatic carbocycles. The molecule has 80 valence electrons. The molecule has 0 spiro atoms. The van der Waals surface area contributed by atoms with Crippen LogP contribution < -0.4 is 4.74 Å². The van der Waals surface area contributed by atoms with Crippen molar-refractivity contribution < 1.29 is 4.74 Å². The molecule has 0 bridgehead atoms. The number of hydrogen-bond acceptors (Lipinski definition) is 4. The average Bonchev–Trinajstić information content (AvgIpc) is 2.74. The summed E-state index contributed by atoms with van der Waals surface area (Å²) in [4.78, 5) is 4.10. The molecule has 2 aromatic rings. The first-order valence-electron chi connectivity index (χ1n) is 4.82. The van der Waals surface area contributed by atoms with E-state index in [0.717, 1.165) is 16.3 Å². The lowest BCUT2D eigenvalue weighted by atomic mass is 10.2. The molecule has 0 saturated carbocycles. The fraction of sp³-hybridized carbons (Fsp3) is 0.167. The summed E-state index contributed by atoms with van der Waals surface area (Å²) >= 11 is 1.44. The fourth-order valence-corrected chi connectivity index (χ4v) is 1.91. The van der Waals surface area contributed by atoms with Crippen LogP contribution in [-0.4, -0.2) is 4.98 Å². The molecule has 0 saturated heterocycles. The average molecular weight is 230 g/mol. The van der Waals surface area contributed by atoms with Crippen LogP contribution in [0.5, 0.6) is 5.75 Å². The Bertz CT molecular complexity index is 528. The van der Waals surface area contributed by atoms with E-state index in [1.165, 1.54) is 11.3 Å². The Morgan fingerprint density at radius 1 is 1.50 bits per heavy atom. The number of nitriles is 1. The van der Waals surface area contributed by atoms with Crippen molar-refractivity contribution in [3.8, 4) is 11.8 Å². The third-order valence-corrected chi connectivity index (χ3v) is 2.84. The Morgan fingerprint density at radius 2 is 2.38 bits per heavy atom. The van der Waals surface area contributed by atoms with Crippen molar-refractivity contribution in [2.45, 2.75) is 13.5 Å². The minimum absolute atomic E-state index is 0.413. The van der Waals surface area contributed by atoms with Gasteiger partial charge in [0.15, 0.2) is 5.69 Å². The molecule has 3 nitrogen and oxygen atoms in total. The van der Waals surface area contributed by atoms with Crippen molar-refractivity contribution in [1.82, 2.24) is 4.98 Å². The molecule has 0 fully saturated rings. The summed E-state index contributed by atoms with van der Waals surface area (Å²) in [7, 11) is 0. The van der Waals surface area contributed by atoms with Crippen LogP contribution in [0, 0.1) is 18.3 Å². The van der Waals surface area contributed by atoms with Crippen LogP contribution in [0.2, 0.25) is 0 Å². The number of rotatable bonds is 3. The summed E-state index contributed by atoms with van der Waals surface area (Å²) in [5.41, 5.74) is 1.61. The van der Waals surface area contributed by atoms with E-state index in [0.29, 0.717) is 12.3 Å². The lowest BCUT2D eigenvalue weighted by molar-refractivity contribution is 0.305. The molecular formula is C12H10N2OS. The monoisotopic (exact) mass is 230 g/mol. The van der Waals surface area contributed by atoms with Crippen LogP contribution in [0.3, 0.4) is 0 Å². The number of hydrogen-bond donors (Lipinski definition) is 0. The van der Waals surface area contributed by atoms with Gasteiger partial charge in [-0.05, 0) is 24.6 Å². The van der Waals surface area contributed by atoms with E-state index in [4.69, 9.17) is 10.00 Å². The van der Waals surface area contributed by atoms with E-state index in [9.17, 15) is 0 Å². The molecule has 0 unspecified atom stereocenters. The summed E-state index contributed by atoms with van der Waals surface area (Å²) in [6, 6.07) is 9.85. The van der Waals surface area contributed by atoms with Crippen LogP contribution in [0.1, 0.15) is 16.3 Å². The maximum atomic E-state index is 8.63. The summed E-state index contributed by atoms with van der Waals surface area (Å²) in [5, 5.41) is 11.2. The van der Waals surface area contributed by atoms with E-state index >= 15 is 0 Å². The lowest BCUT2D eigenvalue weighted by Gasteiger charge is -2.04. The van der Waals surface area contributed by atoms with Crippen molar-refractivity contribution in [3.63, 3.8) is 0 Å². The minimum atomic E-state index is 0.413. The highest BCUT2D eigenvalue weighted by molar-refractivity contribution is 7.09. The summed E-state index contributed by atoms with van der Waals surface area (Å²) in [5.74, 6) is 0.828. The number of nitrogens with zero attached hydrogens (tertiary/aromatic N) is 2. The van der Waals surface area contributed by atoms with Gasteiger partial charge in [-0.2, -0.15) is 5.26 Å². The Labute approximate surface area is 97.9 Å². The van der Waals surface area contributed by atoms with Crippen molar-refractivity contribution in [2.75, 3.05) is 0 Å². The van der Waals surface area contributed by atoms with E-state index in [-0.39, 0.29) is 0 Å². The van der Waals surface area contributed by atoms with E-state index in [2.05, 4.69) is 4.98 Å². The predicted octanol–water partition coefficient (Wildman–Crippen LogP) is 2.90. The molecule has 0 amide bonds. The second-order valence-corrected chi connectivity index (χ2v) is 4.29. The maximum absolute atomic E-state index is 8.63. The van der Waals surface area contributed by atoms with Gasteiger partial charge >= 0.3 is 0 Å². The third-order valence-electron chi connectivity index (χ3n) is 2.02. The quantitative estimate of drug-likeness (QED) is 0.814. The van der Waals surface area contributed by atoms with Crippen LogP contribution in [0.4, 0.5) is 0 Å². The Kier molecular flexibility index (Phi) is 3.18. The van der Waals surface area contributed by atoms with E-state index < -0.39 is 0 Å². The zero-order valence-corrected chi connectivity index (χ0v) is 9.62. The predicted molar refractivity (Wildman–Crippen MR) is 62.3 cm³/mol. The van der Waals surface area contributed by atoms with Crippen molar-refractivity contribution >= 4 is 11.3 Å². The highest BCUT2D eigenvalue weighted by Crippen LogP contribution is 2.16. The van der Waals surface area contributed by atoms with Crippen LogP contribution in [-0.2, 0) is 6.61 Å². The van der Waals surface area contributed by atoms with Gasteiger partial charge in [-0.1, -0.05) is 12.1 Å². The number of benzene rings is 1. The molecule has 0 atom stereocenters. The number of ether oxygens (including phenoxy) is 1. The first-order valence-corrected chi connectivity index (χ1v) is 5.70. The zero-order chi connectivity index (χ0) is 11.4. The van der Waals surface area contributed by atoms with Gasteiger partial charge in [0.05, 0.1) is 0 Å². The van der Waals surface area contributed by atoms with Crippen molar-refractivity contribution in [1.29, 1.82) is 5.26 Å². The van der Waals surface area contributed by atoms with Crippen LogP contribution in [0.15, 0.2) is 29.6 Å². The molecule has 0 aliphatic heterocycles. The maximum Gasteiger partial charge on any atom is 0.151 e. The third kappa shape index (κ3) is 2.59.